The third kappa shape index (κ3) is 7.72. The highest BCUT2D eigenvalue weighted by Crippen LogP contribution is 2.16. The Hall–Kier alpha value is -1.24. The minimum Gasteiger partial charge on any atom is -0.491 e. The third-order valence-corrected chi connectivity index (χ3v) is 4.63. The molecule has 27 heavy (non-hydrogen) atoms. The van der Waals surface area contributed by atoms with Crippen molar-refractivity contribution in [3.8, 4) is 5.75 Å². The van der Waals surface area contributed by atoms with E-state index in [-0.39, 0.29) is 24.8 Å². The van der Waals surface area contributed by atoms with E-state index in [1.54, 1.807) is 12.1 Å². The normalized spacial score (nSPS) is 15.4. The summed E-state index contributed by atoms with van der Waals surface area (Å²) in [5, 5.41) is 10.8. The van der Waals surface area contributed by atoms with Crippen LogP contribution < -0.4 is 9.64 Å². The van der Waals surface area contributed by atoms with Gasteiger partial charge in [0.2, 0.25) is 0 Å². The number of halogens is 3. The predicted molar refractivity (Wildman–Crippen MR) is 115 cm³/mol. The number of piperazine rings is 1. The first-order valence-electron chi connectivity index (χ1n) is 8.65. The summed E-state index contributed by atoms with van der Waals surface area (Å²) < 4.78 is 5.59. The van der Waals surface area contributed by atoms with Crippen molar-refractivity contribution in [3.05, 3.63) is 53.7 Å². The Bertz CT molecular complexity index is 638. The molecule has 1 atom stereocenters. The first-order valence-corrected chi connectivity index (χ1v) is 9.03. The van der Waals surface area contributed by atoms with Crippen LogP contribution in [-0.2, 0) is 0 Å². The van der Waals surface area contributed by atoms with Gasteiger partial charge in [-0.15, -0.1) is 24.8 Å². The zero-order chi connectivity index (χ0) is 17.5. The molecule has 5 nitrogen and oxygen atoms in total. The third-order valence-electron chi connectivity index (χ3n) is 4.38. The molecule has 1 fully saturated rings. The number of aliphatic hydroxyl groups excluding tert-OH is 1. The van der Waals surface area contributed by atoms with Crippen LogP contribution >= 0.6 is 36.4 Å². The van der Waals surface area contributed by atoms with Crippen LogP contribution in [0.2, 0.25) is 5.02 Å². The topological polar surface area (TPSA) is 48.8 Å². The van der Waals surface area contributed by atoms with Crippen molar-refractivity contribution in [2.24, 2.45) is 0 Å². The summed E-state index contributed by atoms with van der Waals surface area (Å²) in [5.74, 6) is 1.77. The second-order valence-corrected chi connectivity index (χ2v) is 6.66. The average Bonchev–Trinajstić information content (AvgIpc) is 2.67. The van der Waals surface area contributed by atoms with Crippen LogP contribution in [0.1, 0.15) is 6.42 Å². The van der Waals surface area contributed by atoms with Gasteiger partial charge in [-0.3, -0.25) is 4.90 Å². The van der Waals surface area contributed by atoms with E-state index in [1.807, 2.05) is 36.5 Å². The second kappa shape index (κ2) is 12.3. The minimum absolute atomic E-state index is 0. The van der Waals surface area contributed by atoms with Crippen molar-refractivity contribution in [3.63, 3.8) is 0 Å². The second-order valence-electron chi connectivity index (χ2n) is 6.22. The van der Waals surface area contributed by atoms with E-state index in [0.717, 1.165) is 44.3 Å². The van der Waals surface area contributed by atoms with E-state index in [9.17, 15) is 5.11 Å². The fraction of sp³-hybridized carbons (Fsp3) is 0.421. The van der Waals surface area contributed by atoms with Crippen molar-refractivity contribution in [1.29, 1.82) is 0 Å². The lowest BCUT2D eigenvalue weighted by molar-refractivity contribution is 0.0866. The Balaban J connectivity index is 0.00000182. The molecule has 1 N–H and O–H groups in total. The van der Waals surface area contributed by atoms with Gasteiger partial charge >= 0.3 is 0 Å². The Morgan fingerprint density at radius 2 is 1.74 bits per heavy atom. The number of pyridine rings is 1. The Labute approximate surface area is 178 Å². The average molecular weight is 435 g/mol. The number of benzene rings is 1. The number of hydrogen-bond acceptors (Lipinski definition) is 5. The van der Waals surface area contributed by atoms with Crippen molar-refractivity contribution < 1.29 is 9.84 Å². The quantitative estimate of drug-likeness (QED) is 0.722. The molecule has 0 spiro atoms. The molecule has 2 heterocycles. The number of aliphatic hydroxyl groups is 1. The van der Waals surface area contributed by atoms with Gasteiger partial charge in [0.05, 0.1) is 6.10 Å². The van der Waals surface area contributed by atoms with Gasteiger partial charge in [-0.25, -0.2) is 4.98 Å². The molecule has 150 valence electrons. The van der Waals surface area contributed by atoms with Crippen LogP contribution in [0.25, 0.3) is 0 Å². The molecule has 0 saturated carbocycles. The van der Waals surface area contributed by atoms with Crippen LogP contribution in [0, 0.1) is 0 Å². The molecule has 1 unspecified atom stereocenters. The van der Waals surface area contributed by atoms with Gasteiger partial charge in [-0.2, -0.15) is 0 Å². The summed E-state index contributed by atoms with van der Waals surface area (Å²) in [6, 6.07) is 13.2. The zero-order valence-corrected chi connectivity index (χ0v) is 17.4. The predicted octanol–water partition coefficient (Wildman–Crippen LogP) is 3.53. The number of ether oxygens (including phenoxy) is 1. The first-order chi connectivity index (χ1) is 12.2. The van der Waals surface area contributed by atoms with Gasteiger partial charge < -0.3 is 14.7 Å². The SMILES string of the molecule is Cl.Cl.OC(CCN1CCN(c2ccccn2)CC1)COc1ccc(Cl)cc1. The van der Waals surface area contributed by atoms with Crippen LogP contribution in [-0.4, -0.2) is 60.4 Å². The molecule has 1 aromatic heterocycles. The minimum atomic E-state index is -0.468. The van der Waals surface area contributed by atoms with Gasteiger partial charge in [0.1, 0.15) is 18.2 Å². The molecule has 0 bridgehead atoms. The lowest BCUT2D eigenvalue weighted by atomic mass is 10.2. The maximum absolute atomic E-state index is 10.1. The summed E-state index contributed by atoms with van der Waals surface area (Å²) in [5.41, 5.74) is 0. The Kier molecular flexibility index (Phi) is 10.8. The molecule has 1 aliphatic heterocycles. The van der Waals surface area contributed by atoms with E-state index >= 15 is 0 Å². The van der Waals surface area contributed by atoms with Gasteiger partial charge in [0, 0.05) is 43.9 Å². The summed E-state index contributed by atoms with van der Waals surface area (Å²) in [4.78, 5) is 9.08. The Morgan fingerprint density at radius 3 is 2.37 bits per heavy atom. The van der Waals surface area contributed by atoms with Crippen LogP contribution in [0.4, 0.5) is 5.82 Å². The summed E-state index contributed by atoms with van der Waals surface area (Å²) in [6.45, 7) is 5.09. The molecule has 8 heteroatoms. The highest BCUT2D eigenvalue weighted by Gasteiger charge is 2.18. The highest BCUT2D eigenvalue weighted by atomic mass is 35.5. The van der Waals surface area contributed by atoms with Crippen LogP contribution in [0.15, 0.2) is 48.7 Å². The van der Waals surface area contributed by atoms with E-state index in [2.05, 4.69) is 14.8 Å². The molecule has 0 amide bonds. The van der Waals surface area contributed by atoms with Gasteiger partial charge in [-0.05, 0) is 42.8 Å². The van der Waals surface area contributed by atoms with Crippen LogP contribution in [0.3, 0.4) is 0 Å². The molecule has 3 rings (SSSR count). The number of aromatic nitrogens is 1. The van der Waals surface area contributed by atoms with E-state index in [1.165, 1.54) is 0 Å². The Morgan fingerprint density at radius 1 is 1.04 bits per heavy atom. The van der Waals surface area contributed by atoms with Gasteiger partial charge in [0.15, 0.2) is 0 Å². The largest absolute Gasteiger partial charge is 0.491 e. The first kappa shape index (κ1) is 23.8. The standard InChI is InChI=1S/C19H24ClN3O2.2ClH/c20-16-4-6-18(7-5-16)25-15-17(24)8-10-22-11-13-23(14-12-22)19-3-1-2-9-21-19;;/h1-7,9,17,24H,8,10-15H2;2*1H. The zero-order valence-electron chi connectivity index (χ0n) is 15.0. The smallest absolute Gasteiger partial charge is 0.128 e. The number of rotatable bonds is 7. The van der Waals surface area contributed by atoms with E-state index < -0.39 is 6.10 Å². The molecule has 0 radical (unpaired) electrons. The van der Waals surface area contributed by atoms with E-state index in [4.69, 9.17) is 16.3 Å². The molecule has 2 aromatic rings. The molecule has 1 aliphatic rings. The summed E-state index contributed by atoms with van der Waals surface area (Å²) >= 11 is 5.84. The van der Waals surface area contributed by atoms with Gasteiger partial charge in [0.25, 0.3) is 0 Å². The molecule has 0 aliphatic carbocycles. The monoisotopic (exact) mass is 433 g/mol. The fourth-order valence-corrected chi connectivity index (χ4v) is 3.01. The maximum Gasteiger partial charge on any atom is 0.128 e. The lowest BCUT2D eigenvalue weighted by Gasteiger charge is -2.35. The number of nitrogens with zero attached hydrogens (tertiary/aromatic N) is 3. The summed E-state index contributed by atoms with van der Waals surface area (Å²) in [7, 11) is 0. The molecule has 1 saturated heterocycles. The van der Waals surface area contributed by atoms with Crippen LogP contribution in [0.5, 0.6) is 5.75 Å². The molecular weight excluding hydrogens is 409 g/mol. The van der Waals surface area contributed by atoms with Crippen molar-refractivity contribution in [2.45, 2.75) is 12.5 Å². The highest BCUT2D eigenvalue weighted by molar-refractivity contribution is 6.30. The summed E-state index contributed by atoms with van der Waals surface area (Å²) in [6.07, 6.45) is 2.07. The van der Waals surface area contributed by atoms with Crippen molar-refractivity contribution in [1.82, 2.24) is 9.88 Å². The number of anilines is 1. The maximum atomic E-state index is 10.1. The number of hydrogen-bond donors (Lipinski definition) is 1. The van der Waals surface area contributed by atoms with Gasteiger partial charge in [-0.1, -0.05) is 17.7 Å². The molecule has 1 aromatic carbocycles. The van der Waals surface area contributed by atoms with Crippen molar-refractivity contribution in [2.75, 3.05) is 44.2 Å². The lowest BCUT2D eigenvalue weighted by Crippen LogP contribution is -2.47. The fourth-order valence-electron chi connectivity index (χ4n) is 2.88. The molecular formula is C19H26Cl3N3O2. The van der Waals surface area contributed by atoms with Crippen molar-refractivity contribution >= 4 is 42.2 Å². The van der Waals surface area contributed by atoms with E-state index in [0.29, 0.717) is 18.1 Å².